The number of amides is 2. The monoisotopic (exact) mass is 379 g/mol. The first-order valence-corrected chi connectivity index (χ1v) is 9.54. The third-order valence-corrected chi connectivity index (χ3v) is 6.15. The number of nitrogens with zero attached hydrogens (tertiary/aromatic N) is 2. The molecule has 0 unspecified atom stereocenters. The summed E-state index contributed by atoms with van der Waals surface area (Å²) in [5.41, 5.74) is 0.641. The molecule has 3 aliphatic rings. The van der Waals surface area contributed by atoms with Gasteiger partial charge in [-0.25, -0.2) is 0 Å². The molecule has 1 spiro atoms. The molecule has 3 aliphatic heterocycles. The molecular formula is C21H21N3O4. The van der Waals surface area contributed by atoms with Gasteiger partial charge in [0.2, 0.25) is 5.91 Å². The second-order valence-electron chi connectivity index (χ2n) is 7.72. The van der Waals surface area contributed by atoms with Crippen molar-refractivity contribution in [2.45, 2.75) is 37.6 Å². The zero-order valence-electron chi connectivity index (χ0n) is 15.6. The van der Waals surface area contributed by atoms with E-state index >= 15 is 0 Å². The number of hydrogen-bond acceptors (Lipinski definition) is 4. The third kappa shape index (κ3) is 2.36. The molecule has 1 aromatic carbocycles. The number of rotatable bonds is 2. The largest absolute Gasteiger partial charge is 0.343 e. The van der Waals surface area contributed by atoms with Crippen LogP contribution in [0.4, 0.5) is 0 Å². The molecule has 0 bridgehead atoms. The van der Waals surface area contributed by atoms with Gasteiger partial charge >= 0.3 is 0 Å². The van der Waals surface area contributed by atoms with E-state index in [9.17, 15) is 14.4 Å². The second-order valence-corrected chi connectivity index (χ2v) is 7.72. The molecule has 1 aromatic heterocycles. The van der Waals surface area contributed by atoms with E-state index in [1.165, 1.54) is 0 Å². The molecule has 1 N–H and O–H groups in total. The lowest BCUT2D eigenvalue weighted by atomic mass is 10.1. The van der Waals surface area contributed by atoms with Crippen molar-refractivity contribution < 1.29 is 14.3 Å². The minimum Gasteiger partial charge on any atom is -0.343 e. The highest BCUT2D eigenvalue weighted by Crippen LogP contribution is 2.50. The molecule has 3 fully saturated rings. The molecule has 3 atom stereocenters. The summed E-state index contributed by atoms with van der Waals surface area (Å²) in [5.74, 6) is -0.344. The number of ether oxygens (including phenoxy) is 1. The van der Waals surface area contributed by atoms with Crippen LogP contribution in [0.25, 0.3) is 0 Å². The summed E-state index contributed by atoms with van der Waals surface area (Å²) < 4.78 is 6.44. The number of aromatic amines is 1. The van der Waals surface area contributed by atoms with E-state index in [4.69, 9.17) is 4.74 Å². The Bertz CT molecular complexity index is 1020. The zero-order chi connectivity index (χ0) is 19.5. The Labute approximate surface area is 161 Å². The van der Waals surface area contributed by atoms with Crippen LogP contribution < -0.4 is 5.56 Å². The van der Waals surface area contributed by atoms with Crippen LogP contribution in [0.5, 0.6) is 0 Å². The number of benzene rings is 1. The predicted molar refractivity (Wildman–Crippen MR) is 101 cm³/mol. The molecule has 2 aromatic rings. The predicted octanol–water partition coefficient (Wildman–Crippen LogP) is 1.60. The van der Waals surface area contributed by atoms with Gasteiger partial charge in [0.05, 0.1) is 19.0 Å². The molecule has 0 aliphatic carbocycles. The molecule has 0 saturated carbocycles. The van der Waals surface area contributed by atoms with Gasteiger partial charge in [-0.05, 0) is 24.6 Å². The van der Waals surface area contributed by atoms with E-state index in [0.717, 1.165) is 5.56 Å². The molecule has 5 rings (SSSR count). The molecular weight excluding hydrogens is 358 g/mol. The van der Waals surface area contributed by atoms with Gasteiger partial charge in [0.25, 0.3) is 11.5 Å². The molecule has 2 amide bonds. The topological polar surface area (TPSA) is 82.7 Å². The number of aromatic nitrogens is 1. The number of likely N-dealkylation sites (tertiary alicyclic amines) is 1. The first-order chi connectivity index (χ1) is 13.5. The number of carbonyl (C=O) groups excluding carboxylic acids is 2. The van der Waals surface area contributed by atoms with Gasteiger partial charge in [-0.1, -0.05) is 30.3 Å². The van der Waals surface area contributed by atoms with E-state index in [2.05, 4.69) is 4.98 Å². The van der Waals surface area contributed by atoms with E-state index in [0.29, 0.717) is 25.2 Å². The molecule has 0 radical (unpaired) electrons. The summed E-state index contributed by atoms with van der Waals surface area (Å²) in [6.07, 6.45) is 0.588. The Kier molecular flexibility index (Phi) is 3.71. The van der Waals surface area contributed by atoms with Crippen LogP contribution in [0.1, 0.15) is 40.6 Å². The van der Waals surface area contributed by atoms with E-state index in [-0.39, 0.29) is 35.9 Å². The van der Waals surface area contributed by atoms with Crippen molar-refractivity contribution in [1.82, 2.24) is 14.8 Å². The van der Waals surface area contributed by atoms with Gasteiger partial charge < -0.3 is 19.5 Å². The lowest BCUT2D eigenvalue weighted by molar-refractivity contribution is -0.138. The Morgan fingerprint density at radius 1 is 1.18 bits per heavy atom. The Morgan fingerprint density at radius 2 is 1.96 bits per heavy atom. The zero-order valence-corrected chi connectivity index (χ0v) is 15.6. The highest BCUT2D eigenvalue weighted by Gasteiger charge is 2.65. The smallest absolute Gasteiger partial charge is 0.260 e. The molecule has 144 valence electrons. The van der Waals surface area contributed by atoms with Crippen LogP contribution in [0.15, 0.2) is 47.3 Å². The minimum atomic E-state index is -0.787. The Balaban J connectivity index is 1.46. The van der Waals surface area contributed by atoms with Crippen molar-refractivity contribution in [3.63, 3.8) is 0 Å². The van der Waals surface area contributed by atoms with E-state index < -0.39 is 11.3 Å². The average Bonchev–Trinajstić information content (AvgIpc) is 3.31. The van der Waals surface area contributed by atoms with Gasteiger partial charge in [0.1, 0.15) is 11.7 Å². The SMILES string of the molecule is Cc1ccc(C(=O)N2CC[C@@]34O[C@@H](c5ccccc5)CN3C(=O)C[C@@H]24)c(=O)[nH]1. The number of H-pyrrole nitrogens is 1. The lowest BCUT2D eigenvalue weighted by Crippen LogP contribution is -2.49. The number of nitrogens with one attached hydrogen (secondary N) is 1. The summed E-state index contributed by atoms with van der Waals surface area (Å²) >= 11 is 0. The first-order valence-electron chi connectivity index (χ1n) is 9.54. The highest BCUT2D eigenvalue weighted by atomic mass is 16.5. The molecule has 28 heavy (non-hydrogen) atoms. The van der Waals surface area contributed by atoms with Crippen molar-refractivity contribution in [3.05, 3.63) is 69.6 Å². The van der Waals surface area contributed by atoms with E-state index in [1.54, 1.807) is 28.9 Å². The van der Waals surface area contributed by atoms with Gasteiger partial charge in [-0.15, -0.1) is 0 Å². The minimum absolute atomic E-state index is 0.00116. The Hall–Kier alpha value is -2.93. The van der Waals surface area contributed by atoms with Crippen LogP contribution in [0, 0.1) is 6.92 Å². The van der Waals surface area contributed by atoms with Gasteiger partial charge in [0, 0.05) is 18.7 Å². The number of carbonyl (C=O) groups is 2. The van der Waals surface area contributed by atoms with Gasteiger partial charge in [0.15, 0.2) is 5.72 Å². The van der Waals surface area contributed by atoms with Crippen LogP contribution in [0.3, 0.4) is 0 Å². The van der Waals surface area contributed by atoms with Crippen molar-refractivity contribution in [2.75, 3.05) is 13.1 Å². The maximum absolute atomic E-state index is 13.1. The molecule has 7 heteroatoms. The quantitative estimate of drug-likeness (QED) is 0.859. The Morgan fingerprint density at radius 3 is 2.71 bits per heavy atom. The average molecular weight is 379 g/mol. The fourth-order valence-electron chi connectivity index (χ4n) is 4.80. The first kappa shape index (κ1) is 17.2. The number of pyridine rings is 1. The maximum Gasteiger partial charge on any atom is 0.260 e. The van der Waals surface area contributed by atoms with E-state index in [1.807, 2.05) is 30.3 Å². The highest BCUT2D eigenvalue weighted by molar-refractivity contribution is 5.95. The van der Waals surface area contributed by atoms with Crippen LogP contribution in [0.2, 0.25) is 0 Å². The normalized spacial score (nSPS) is 28.5. The standard InChI is InChI=1S/C21H21N3O4/c1-13-7-8-15(19(26)22-13)20(27)23-10-9-21-17(23)11-18(25)24(21)12-16(28-21)14-5-3-2-4-6-14/h2-8,16-17H,9-12H2,1H3,(H,22,26)/t16-,17-,21+/m1/s1. The van der Waals surface area contributed by atoms with Crippen molar-refractivity contribution >= 4 is 11.8 Å². The summed E-state index contributed by atoms with van der Waals surface area (Å²) in [6.45, 7) is 2.72. The number of hydrogen-bond donors (Lipinski definition) is 1. The molecule has 4 heterocycles. The fraction of sp³-hybridized carbons (Fsp3) is 0.381. The van der Waals surface area contributed by atoms with Crippen LogP contribution >= 0.6 is 0 Å². The number of aryl methyl sites for hydroxylation is 1. The van der Waals surface area contributed by atoms with Crippen molar-refractivity contribution in [2.24, 2.45) is 0 Å². The lowest BCUT2D eigenvalue weighted by Gasteiger charge is -2.31. The summed E-state index contributed by atoms with van der Waals surface area (Å²) in [6, 6.07) is 12.7. The second kappa shape index (κ2) is 6.04. The third-order valence-electron chi connectivity index (χ3n) is 6.15. The molecule has 3 saturated heterocycles. The molecule has 7 nitrogen and oxygen atoms in total. The van der Waals surface area contributed by atoms with Gasteiger partial charge in [-0.3, -0.25) is 14.4 Å². The maximum atomic E-state index is 13.1. The van der Waals surface area contributed by atoms with Crippen molar-refractivity contribution in [1.29, 1.82) is 0 Å². The summed E-state index contributed by atoms with van der Waals surface area (Å²) in [7, 11) is 0. The van der Waals surface area contributed by atoms with Crippen LogP contribution in [-0.4, -0.2) is 51.5 Å². The van der Waals surface area contributed by atoms with Crippen LogP contribution in [-0.2, 0) is 9.53 Å². The fourth-order valence-corrected chi connectivity index (χ4v) is 4.80. The summed E-state index contributed by atoms with van der Waals surface area (Å²) in [5, 5.41) is 0. The van der Waals surface area contributed by atoms with Gasteiger partial charge in [-0.2, -0.15) is 0 Å². The van der Waals surface area contributed by atoms with Crippen molar-refractivity contribution in [3.8, 4) is 0 Å². The summed E-state index contributed by atoms with van der Waals surface area (Å²) in [4.78, 5) is 44.1.